The van der Waals surface area contributed by atoms with Crippen molar-refractivity contribution >= 4 is 43.5 Å². The number of hydrogen-bond donors (Lipinski definition) is 2. The lowest BCUT2D eigenvalue weighted by molar-refractivity contribution is 0.0696. The van der Waals surface area contributed by atoms with E-state index in [2.05, 4.69) is 36.8 Å². The molecule has 25 heavy (non-hydrogen) atoms. The predicted molar refractivity (Wildman–Crippen MR) is 108 cm³/mol. The molecule has 0 saturated heterocycles. The van der Waals surface area contributed by atoms with Crippen molar-refractivity contribution in [3.63, 3.8) is 0 Å². The van der Waals surface area contributed by atoms with Crippen LogP contribution in [0.5, 0.6) is 11.5 Å². The maximum Gasteiger partial charge on any atom is 0.335 e. The largest absolute Gasteiger partial charge is 0.508 e. The van der Waals surface area contributed by atoms with Gasteiger partial charge < -0.3 is 19.8 Å². The molecule has 0 heterocycles. The first kappa shape index (κ1) is 21.3. The minimum Gasteiger partial charge on any atom is -0.508 e. The number of aromatic carboxylic acids is 1. The molecule has 0 aliphatic rings. The number of ether oxygens (including phenoxy) is 1. The fourth-order valence-electron chi connectivity index (χ4n) is 1.99. The Hall–Kier alpha value is -1.73. The van der Waals surface area contributed by atoms with Gasteiger partial charge in [0, 0.05) is 29.4 Å². The van der Waals surface area contributed by atoms with Crippen molar-refractivity contribution in [2.75, 3.05) is 35.8 Å². The summed E-state index contributed by atoms with van der Waals surface area (Å²) >= 11 is 6.85. The lowest BCUT2D eigenvalue weighted by Crippen LogP contribution is -2.27. The van der Waals surface area contributed by atoms with Gasteiger partial charge in [-0.05, 0) is 42.5 Å². The Morgan fingerprint density at radius 3 is 2.16 bits per heavy atom. The van der Waals surface area contributed by atoms with Crippen LogP contribution in [0.4, 0.5) is 5.69 Å². The van der Waals surface area contributed by atoms with Gasteiger partial charge in [-0.2, -0.15) is 0 Å². The summed E-state index contributed by atoms with van der Waals surface area (Å²) in [6.45, 7) is 1.94. The van der Waals surface area contributed by atoms with Crippen LogP contribution in [0.3, 0.4) is 0 Å². The van der Waals surface area contributed by atoms with Crippen LogP contribution in [0.25, 0.3) is 0 Å². The molecule has 0 radical (unpaired) electrons. The Morgan fingerprint density at radius 1 is 1.08 bits per heavy atom. The van der Waals surface area contributed by atoms with Gasteiger partial charge in [0.2, 0.25) is 0 Å². The highest BCUT2D eigenvalue weighted by molar-refractivity contribution is 9.09. The number of alkyl halides is 2. The molecule has 5 nitrogen and oxygen atoms in total. The van der Waals surface area contributed by atoms with Crippen LogP contribution in [0.1, 0.15) is 10.4 Å². The van der Waals surface area contributed by atoms with Gasteiger partial charge in [-0.1, -0.05) is 37.9 Å². The fraction of sp³-hybridized carbons (Fsp3) is 0.278. The molecular weight excluding hydrogens is 454 g/mol. The maximum atomic E-state index is 10.4. The van der Waals surface area contributed by atoms with E-state index in [-0.39, 0.29) is 5.56 Å². The van der Waals surface area contributed by atoms with Crippen molar-refractivity contribution in [3.8, 4) is 11.5 Å². The molecule has 0 unspecified atom stereocenters. The zero-order valence-electron chi connectivity index (χ0n) is 13.9. The number of halogens is 2. The smallest absolute Gasteiger partial charge is 0.335 e. The van der Waals surface area contributed by atoms with E-state index in [0.717, 1.165) is 29.4 Å². The molecule has 0 bridgehead atoms. The Bertz CT molecular complexity index is 644. The summed E-state index contributed by atoms with van der Waals surface area (Å²) in [5.41, 5.74) is 1.38. The van der Waals surface area contributed by atoms with Crippen molar-refractivity contribution < 1.29 is 19.7 Å². The van der Waals surface area contributed by atoms with Crippen LogP contribution in [0.2, 0.25) is 0 Å². The van der Waals surface area contributed by atoms with E-state index >= 15 is 0 Å². The molecular formula is C18H21Br2NO4. The Kier molecular flexibility index (Phi) is 10.0. The second kappa shape index (κ2) is 11.8. The standard InChI is InChI=1S/C10H13Br2NO.C8H8O3/c11-5-7-13(8-6-12)9-1-3-10(14)4-2-9;1-11-7-4-2-3-6(5-7)8(9)10/h1-4,14H,5-8H2;2-5H,1H3,(H,9,10). The molecule has 0 aliphatic heterocycles. The van der Waals surface area contributed by atoms with Gasteiger partial charge in [-0.3, -0.25) is 0 Å². The summed E-state index contributed by atoms with van der Waals surface area (Å²) in [4.78, 5) is 12.7. The van der Waals surface area contributed by atoms with E-state index in [9.17, 15) is 4.79 Å². The number of methoxy groups -OCH3 is 1. The van der Waals surface area contributed by atoms with Crippen molar-refractivity contribution in [1.29, 1.82) is 0 Å². The average Bonchev–Trinajstić information content (AvgIpc) is 2.63. The molecule has 0 atom stereocenters. The summed E-state index contributed by atoms with van der Waals surface area (Å²) in [5, 5.41) is 19.6. The summed E-state index contributed by atoms with van der Waals surface area (Å²) in [7, 11) is 1.50. The number of hydrogen-bond acceptors (Lipinski definition) is 4. The SMILES string of the molecule is COc1cccc(C(=O)O)c1.Oc1ccc(N(CCBr)CCBr)cc1. The lowest BCUT2D eigenvalue weighted by Gasteiger charge is -2.22. The van der Waals surface area contributed by atoms with Gasteiger partial charge in [0.15, 0.2) is 0 Å². The number of aromatic hydroxyl groups is 1. The third-order valence-electron chi connectivity index (χ3n) is 3.24. The molecule has 2 rings (SSSR count). The summed E-state index contributed by atoms with van der Waals surface area (Å²) < 4.78 is 4.84. The van der Waals surface area contributed by atoms with Crippen LogP contribution in [-0.4, -0.2) is 47.0 Å². The Balaban J connectivity index is 0.000000257. The first-order valence-electron chi connectivity index (χ1n) is 7.55. The van der Waals surface area contributed by atoms with E-state index in [1.165, 1.54) is 19.2 Å². The monoisotopic (exact) mass is 473 g/mol. The number of phenols is 1. The number of anilines is 1. The third-order valence-corrected chi connectivity index (χ3v) is 3.95. The number of phenolic OH excluding ortho intramolecular Hbond substituents is 1. The van der Waals surface area contributed by atoms with Crippen molar-refractivity contribution in [1.82, 2.24) is 0 Å². The Morgan fingerprint density at radius 2 is 1.68 bits per heavy atom. The van der Waals surface area contributed by atoms with E-state index in [1.54, 1.807) is 24.3 Å². The normalized spacial score (nSPS) is 9.72. The Labute approximate surface area is 164 Å². The van der Waals surface area contributed by atoms with E-state index in [0.29, 0.717) is 11.5 Å². The van der Waals surface area contributed by atoms with E-state index in [1.807, 2.05) is 12.1 Å². The number of carboxylic acid groups (broad SMARTS) is 1. The van der Waals surface area contributed by atoms with Crippen LogP contribution in [-0.2, 0) is 0 Å². The highest BCUT2D eigenvalue weighted by Crippen LogP contribution is 2.18. The minimum atomic E-state index is -0.941. The van der Waals surface area contributed by atoms with Gasteiger partial charge >= 0.3 is 5.97 Å². The molecule has 0 aliphatic carbocycles. The van der Waals surface area contributed by atoms with Crippen LogP contribution < -0.4 is 9.64 Å². The molecule has 0 amide bonds. The van der Waals surface area contributed by atoms with E-state index < -0.39 is 5.97 Å². The minimum absolute atomic E-state index is 0.240. The first-order chi connectivity index (χ1) is 12.0. The summed E-state index contributed by atoms with van der Waals surface area (Å²) in [6.07, 6.45) is 0. The zero-order valence-corrected chi connectivity index (χ0v) is 17.0. The summed E-state index contributed by atoms with van der Waals surface area (Å²) in [5.74, 6) is -0.0693. The quantitative estimate of drug-likeness (QED) is 0.582. The molecule has 0 fully saturated rings. The molecule has 2 aromatic carbocycles. The third kappa shape index (κ3) is 7.79. The van der Waals surface area contributed by atoms with Gasteiger partial charge in [0.1, 0.15) is 11.5 Å². The van der Waals surface area contributed by atoms with E-state index in [4.69, 9.17) is 14.9 Å². The van der Waals surface area contributed by atoms with Gasteiger partial charge in [0.05, 0.1) is 12.7 Å². The van der Waals surface area contributed by atoms with Gasteiger partial charge in [-0.25, -0.2) is 4.79 Å². The second-order valence-electron chi connectivity index (χ2n) is 4.92. The first-order valence-corrected chi connectivity index (χ1v) is 9.79. The molecule has 0 aromatic heterocycles. The van der Waals surface area contributed by atoms with Crippen LogP contribution in [0.15, 0.2) is 48.5 Å². The molecule has 136 valence electrons. The number of carboxylic acids is 1. The molecule has 2 N–H and O–H groups in total. The predicted octanol–water partition coefficient (Wildman–Crippen LogP) is 4.38. The van der Waals surface area contributed by atoms with Crippen LogP contribution in [0, 0.1) is 0 Å². The number of benzene rings is 2. The lowest BCUT2D eigenvalue weighted by atomic mass is 10.2. The van der Waals surface area contributed by atoms with Crippen LogP contribution >= 0.6 is 31.9 Å². The summed E-state index contributed by atoms with van der Waals surface area (Å²) in [6, 6.07) is 13.6. The number of rotatable bonds is 7. The van der Waals surface area contributed by atoms with Gasteiger partial charge in [0.25, 0.3) is 0 Å². The number of nitrogens with zero attached hydrogens (tertiary/aromatic N) is 1. The molecule has 0 saturated carbocycles. The van der Waals surface area contributed by atoms with Crippen molar-refractivity contribution in [3.05, 3.63) is 54.1 Å². The second-order valence-corrected chi connectivity index (χ2v) is 6.50. The highest BCUT2D eigenvalue weighted by atomic mass is 79.9. The highest BCUT2D eigenvalue weighted by Gasteiger charge is 2.04. The van der Waals surface area contributed by atoms with Crippen molar-refractivity contribution in [2.45, 2.75) is 0 Å². The fourth-order valence-corrected chi connectivity index (χ4v) is 2.85. The zero-order chi connectivity index (χ0) is 18.7. The average molecular weight is 475 g/mol. The molecule has 2 aromatic rings. The number of carbonyl (C=O) groups is 1. The van der Waals surface area contributed by atoms with Crippen molar-refractivity contribution in [2.24, 2.45) is 0 Å². The molecule has 7 heteroatoms. The van der Waals surface area contributed by atoms with Gasteiger partial charge in [-0.15, -0.1) is 0 Å². The topological polar surface area (TPSA) is 70.0 Å². The maximum absolute atomic E-state index is 10.4. The molecule has 0 spiro atoms.